The number of halogens is 3. The van der Waals surface area contributed by atoms with Crippen LogP contribution in [0.2, 0.25) is 0 Å². The van der Waals surface area contributed by atoms with Gasteiger partial charge in [0.15, 0.2) is 13.2 Å². The number of rotatable bonds is 6. The lowest BCUT2D eigenvalue weighted by molar-refractivity contribution is -0.187. The summed E-state index contributed by atoms with van der Waals surface area (Å²) in [5.41, 5.74) is 1.30. The Kier molecular flexibility index (Phi) is 5.60. The molecule has 0 atom stereocenters. The molecule has 0 aromatic heterocycles. The van der Waals surface area contributed by atoms with Gasteiger partial charge >= 0.3 is 12.1 Å². The third-order valence-corrected chi connectivity index (χ3v) is 4.23. The number of fused-ring (bicyclic) bond motifs is 1. The Labute approximate surface area is 144 Å². The number of esters is 1. The van der Waals surface area contributed by atoms with Crippen molar-refractivity contribution >= 4 is 16.7 Å². The highest BCUT2D eigenvalue weighted by atomic mass is 19.4. The third-order valence-electron chi connectivity index (χ3n) is 4.23. The van der Waals surface area contributed by atoms with Crippen molar-refractivity contribution in [3.05, 3.63) is 42.0 Å². The summed E-state index contributed by atoms with van der Waals surface area (Å²) in [6, 6.07) is 11.4. The number of ether oxygens (including phenoxy) is 2. The molecule has 0 saturated heterocycles. The van der Waals surface area contributed by atoms with Gasteiger partial charge in [0.2, 0.25) is 0 Å². The minimum atomic E-state index is -4.54. The lowest BCUT2D eigenvalue weighted by Crippen LogP contribution is -2.23. The minimum Gasteiger partial charge on any atom is -0.482 e. The highest BCUT2D eigenvalue weighted by Crippen LogP contribution is 2.30. The highest BCUT2D eigenvalue weighted by Gasteiger charge is 2.29. The summed E-state index contributed by atoms with van der Waals surface area (Å²) < 4.78 is 45.2. The second kappa shape index (κ2) is 7.33. The summed E-state index contributed by atoms with van der Waals surface area (Å²) in [6.07, 6.45) is -3.53. The molecule has 0 spiro atoms. The molecule has 2 aromatic carbocycles. The van der Waals surface area contributed by atoms with E-state index in [1.807, 2.05) is 18.2 Å². The smallest absolute Gasteiger partial charge is 0.422 e. The highest BCUT2D eigenvalue weighted by molar-refractivity contribution is 5.85. The van der Waals surface area contributed by atoms with Crippen LogP contribution in [-0.2, 0) is 14.9 Å². The first kappa shape index (κ1) is 19.1. The summed E-state index contributed by atoms with van der Waals surface area (Å²) in [7, 11) is 0. The first-order valence-corrected chi connectivity index (χ1v) is 8.00. The summed E-state index contributed by atoms with van der Waals surface area (Å²) in [5, 5.41) is 1.96. The molecule has 0 heterocycles. The summed E-state index contributed by atoms with van der Waals surface area (Å²) in [5.74, 6) is -0.656. The van der Waals surface area contributed by atoms with Crippen molar-refractivity contribution in [1.29, 1.82) is 0 Å². The van der Waals surface area contributed by atoms with Gasteiger partial charge in [-0.2, -0.15) is 13.2 Å². The fraction of sp³-hybridized carbons (Fsp3) is 0.421. The Bertz CT molecular complexity index is 751. The van der Waals surface area contributed by atoms with E-state index in [0.29, 0.717) is 5.75 Å². The van der Waals surface area contributed by atoms with E-state index in [1.165, 1.54) is 5.56 Å². The maximum absolute atomic E-state index is 12.0. The van der Waals surface area contributed by atoms with Crippen molar-refractivity contribution in [1.82, 2.24) is 0 Å². The SMILES string of the molecule is CCC(C)(C)c1ccc2cc(OCC(=O)OCC(F)(F)F)ccc2c1. The van der Waals surface area contributed by atoms with E-state index in [9.17, 15) is 18.0 Å². The second-order valence-corrected chi connectivity index (χ2v) is 6.53. The maximum Gasteiger partial charge on any atom is 0.422 e. The van der Waals surface area contributed by atoms with Gasteiger partial charge in [0, 0.05) is 0 Å². The third kappa shape index (κ3) is 5.37. The van der Waals surface area contributed by atoms with E-state index in [0.717, 1.165) is 17.2 Å². The van der Waals surface area contributed by atoms with Crippen molar-refractivity contribution in [2.24, 2.45) is 0 Å². The van der Waals surface area contributed by atoms with Crippen molar-refractivity contribution in [2.75, 3.05) is 13.2 Å². The van der Waals surface area contributed by atoms with Crippen LogP contribution in [0.3, 0.4) is 0 Å². The van der Waals surface area contributed by atoms with Gasteiger partial charge in [0.1, 0.15) is 5.75 Å². The van der Waals surface area contributed by atoms with Crippen LogP contribution in [0.15, 0.2) is 36.4 Å². The zero-order chi connectivity index (χ0) is 18.7. The molecular weight excluding hydrogens is 333 g/mol. The van der Waals surface area contributed by atoms with Gasteiger partial charge in [-0.1, -0.05) is 45.0 Å². The molecular formula is C19H21F3O3. The van der Waals surface area contributed by atoms with E-state index < -0.39 is 25.4 Å². The molecule has 0 N–H and O–H groups in total. The lowest BCUT2D eigenvalue weighted by atomic mass is 9.81. The molecule has 2 rings (SSSR count). The molecule has 6 heteroatoms. The van der Waals surface area contributed by atoms with Crippen molar-refractivity contribution in [3.63, 3.8) is 0 Å². The molecule has 0 unspecified atom stereocenters. The zero-order valence-electron chi connectivity index (χ0n) is 14.4. The van der Waals surface area contributed by atoms with Gasteiger partial charge in [-0.05, 0) is 40.3 Å². The number of hydrogen-bond donors (Lipinski definition) is 0. The number of carbonyl (C=O) groups is 1. The summed E-state index contributed by atoms with van der Waals surface area (Å²) >= 11 is 0. The second-order valence-electron chi connectivity index (χ2n) is 6.53. The van der Waals surface area contributed by atoms with Crippen LogP contribution in [0.25, 0.3) is 10.8 Å². The Morgan fingerprint density at radius 2 is 1.68 bits per heavy atom. The molecule has 0 aliphatic rings. The predicted octanol–water partition coefficient (Wildman–Crippen LogP) is 5.01. The largest absolute Gasteiger partial charge is 0.482 e. The van der Waals surface area contributed by atoms with E-state index >= 15 is 0 Å². The fourth-order valence-corrected chi connectivity index (χ4v) is 2.28. The molecule has 0 amide bonds. The van der Waals surface area contributed by atoms with Gasteiger partial charge in [-0.3, -0.25) is 0 Å². The fourth-order valence-electron chi connectivity index (χ4n) is 2.28. The van der Waals surface area contributed by atoms with Crippen LogP contribution in [0.5, 0.6) is 5.75 Å². The predicted molar refractivity (Wildman–Crippen MR) is 89.8 cm³/mol. The Balaban J connectivity index is 2.04. The van der Waals surface area contributed by atoms with Crippen LogP contribution < -0.4 is 4.74 Å². The quantitative estimate of drug-likeness (QED) is 0.684. The molecule has 25 heavy (non-hydrogen) atoms. The Morgan fingerprint density at radius 3 is 2.32 bits per heavy atom. The first-order chi connectivity index (χ1) is 11.6. The molecule has 0 bridgehead atoms. The van der Waals surface area contributed by atoms with Gasteiger partial charge in [0.05, 0.1) is 0 Å². The standard InChI is InChI=1S/C19H21F3O3/c1-4-18(2,3)15-7-5-14-10-16(8-6-13(14)9-15)24-11-17(23)25-12-19(20,21)22/h5-10H,4,11-12H2,1-3H3. The van der Waals surface area contributed by atoms with Crippen LogP contribution >= 0.6 is 0 Å². The average molecular weight is 354 g/mol. The number of benzene rings is 2. The normalized spacial score (nSPS) is 12.2. The lowest BCUT2D eigenvalue weighted by Gasteiger charge is -2.23. The van der Waals surface area contributed by atoms with Crippen molar-refractivity contribution in [2.45, 2.75) is 38.8 Å². The van der Waals surface area contributed by atoms with Crippen LogP contribution in [-0.4, -0.2) is 25.4 Å². The molecule has 136 valence electrons. The van der Waals surface area contributed by atoms with Gasteiger partial charge in [-0.25, -0.2) is 4.79 Å². The van der Waals surface area contributed by atoms with Crippen molar-refractivity contribution < 1.29 is 27.4 Å². The average Bonchev–Trinajstić information content (AvgIpc) is 2.56. The monoisotopic (exact) mass is 354 g/mol. The summed E-state index contributed by atoms with van der Waals surface area (Å²) in [4.78, 5) is 11.3. The van der Waals surface area contributed by atoms with E-state index in [1.54, 1.807) is 12.1 Å². The van der Waals surface area contributed by atoms with E-state index in [4.69, 9.17) is 4.74 Å². The van der Waals surface area contributed by atoms with E-state index in [-0.39, 0.29) is 5.41 Å². The maximum atomic E-state index is 12.0. The van der Waals surface area contributed by atoms with E-state index in [2.05, 4.69) is 31.6 Å². The van der Waals surface area contributed by atoms with Gasteiger partial charge in [0.25, 0.3) is 0 Å². The zero-order valence-corrected chi connectivity index (χ0v) is 14.4. The molecule has 3 nitrogen and oxygen atoms in total. The van der Waals surface area contributed by atoms with Crippen LogP contribution in [0, 0.1) is 0 Å². The summed E-state index contributed by atoms with van der Waals surface area (Å²) in [6.45, 7) is 4.32. The van der Waals surface area contributed by atoms with Crippen molar-refractivity contribution in [3.8, 4) is 5.75 Å². The number of alkyl halides is 3. The molecule has 0 fully saturated rings. The minimum absolute atomic E-state index is 0.0750. The Morgan fingerprint density at radius 1 is 1.04 bits per heavy atom. The molecule has 0 aliphatic heterocycles. The van der Waals surface area contributed by atoms with Gasteiger partial charge in [-0.15, -0.1) is 0 Å². The molecule has 2 aromatic rings. The topological polar surface area (TPSA) is 35.5 Å². The van der Waals surface area contributed by atoms with Crippen LogP contribution in [0.4, 0.5) is 13.2 Å². The first-order valence-electron chi connectivity index (χ1n) is 8.00. The van der Waals surface area contributed by atoms with Crippen LogP contribution in [0.1, 0.15) is 32.8 Å². The Hall–Kier alpha value is -2.24. The molecule has 0 radical (unpaired) electrons. The molecule has 0 saturated carbocycles. The molecule has 0 aliphatic carbocycles. The number of hydrogen-bond acceptors (Lipinski definition) is 3. The van der Waals surface area contributed by atoms with Gasteiger partial charge < -0.3 is 9.47 Å². The number of carbonyl (C=O) groups excluding carboxylic acids is 1.